The molecule has 1 aromatic carbocycles. The average Bonchev–Trinajstić information content (AvgIpc) is 2.82. The van der Waals surface area contributed by atoms with Gasteiger partial charge in [0.05, 0.1) is 0 Å². The Kier molecular flexibility index (Phi) is 4.62. The summed E-state index contributed by atoms with van der Waals surface area (Å²) in [6.07, 6.45) is 0. The normalized spacial score (nSPS) is 10.8. The number of carbonyl (C=O) groups is 1. The van der Waals surface area contributed by atoms with E-state index in [4.69, 9.17) is 17.3 Å². The first-order valence-electron chi connectivity index (χ1n) is 6.24. The molecule has 0 aliphatic heterocycles. The van der Waals surface area contributed by atoms with Gasteiger partial charge in [0.1, 0.15) is 5.69 Å². The number of nitrogens with two attached hydrogens (primary N) is 1. The summed E-state index contributed by atoms with van der Waals surface area (Å²) in [5.74, 6) is -0.118. The molecule has 0 unspecified atom stereocenters. The van der Waals surface area contributed by atoms with Gasteiger partial charge in [-0.05, 0) is 31.5 Å². The van der Waals surface area contributed by atoms with Gasteiger partial charge in [-0.3, -0.25) is 4.79 Å². The van der Waals surface area contributed by atoms with Gasteiger partial charge in [-0.1, -0.05) is 23.7 Å². The molecule has 0 aliphatic carbocycles. The van der Waals surface area contributed by atoms with E-state index in [9.17, 15) is 4.79 Å². The van der Waals surface area contributed by atoms with Crippen LogP contribution in [0.5, 0.6) is 0 Å². The van der Waals surface area contributed by atoms with Crippen molar-refractivity contribution >= 4 is 34.0 Å². The van der Waals surface area contributed by atoms with Gasteiger partial charge >= 0.3 is 0 Å². The highest BCUT2D eigenvalue weighted by atomic mass is 35.5. The number of aromatic nitrogens is 1. The molecule has 0 radical (unpaired) electrons. The Balaban J connectivity index is 2.21. The number of benzene rings is 1. The van der Waals surface area contributed by atoms with Gasteiger partial charge in [-0.2, -0.15) is 0 Å². The van der Waals surface area contributed by atoms with Crippen molar-refractivity contribution in [1.82, 2.24) is 9.88 Å². The first kappa shape index (κ1) is 14.8. The fourth-order valence-electron chi connectivity index (χ4n) is 1.85. The van der Waals surface area contributed by atoms with E-state index in [0.717, 1.165) is 5.56 Å². The Labute approximate surface area is 127 Å². The van der Waals surface area contributed by atoms with Crippen LogP contribution in [0.15, 0.2) is 29.6 Å². The molecule has 2 N–H and O–H groups in total. The van der Waals surface area contributed by atoms with Crippen molar-refractivity contribution < 1.29 is 4.79 Å². The molecule has 2 rings (SSSR count). The molecule has 20 heavy (non-hydrogen) atoms. The molecule has 106 valence electrons. The number of anilines is 1. The van der Waals surface area contributed by atoms with Gasteiger partial charge in [0.25, 0.3) is 5.91 Å². The van der Waals surface area contributed by atoms with Gasteiger partial charge in [0.15, 0.2) is 5.13 Å². The third kappa shape index (κ3) is 3.49. The standard InChI is InChI=1S/C14H16ClN3OS/c1-9(2)18(7-10-4-3-5-11(15)6-10)13(19)12-8-20-14(16)17-12/h3-6,8-9H,7H2,1-2H3,(H2,16,17). The highest BCUT2D eigenvalue weighted by molar-refractivity contribution is 7.13. The van der Waals surface area contributed by atoms with E-state index in [1.807, 2.05) is 38.1 Å². The third-order valence-electron chi connectivity index (χ3n) is 2.87. The van der Waals surface area contributed by atoms with Crippen LogP contribution in [0.4, 0.5) is 5.13 Å². The van der Waals surface area contributed by atoms with Crippen LogP contribution in [0.25, 0.3) is 0 Å². The van der Waals surface area contributed by atoms with Gasteiger partial charge in [-0.25, -0.2) is 4.98 Å². The van der Waals surface area contributed by atoms with E-state index in [0.29, 0.717) is 22.4 Å². The molecule has 6 heteroatoms. The Morgan fingerprint density at radius 2 is 2.25 bits per heavy atom. The van der Waals surface area contributed by atoms with Crippen molar-refractivity contribution in [3.05, 3.63) is 45.9 Å². The molecule has 0 bridgehead atoms. The predicted octanol–water partition coefficient (Wildman–Crippen LogP) is 3.43. The maximum Gasteiger partial charge on any atom is 0.273 e. The number of carbonyl (C=O) groups excluding carboxylic acids is 1. The van der Waals surface area contributed by atoms with E-state index in [1.165, 1.54) is 11.3 Å². The minimum absolute atomic E-state index is 0.0596. The van der Waals surface area contributed by atoms with Gasteiger partial charge in [0, 0.05) is 23.0 Å². The Bertz CT molecular complexity index is 612. The van der Waals surface area contributed by atoms with Crippen molar-refractivity contribution in [3.63, 3.8) is 0 Å². The van der Waals surface area contributed by atoms with Gasteiger partial charge in [0.2, 0.25) is 0 Å². The Hall–Kier alpha value is -1.59. The zero-order chi connectivity index (χ0) is 14.7. The van der Waals surface area contributed by atoms with E-state index >= 15 is 0 Å². The number of thiazole rings is 1. The van der Waals surface area contributed by atoms with Crippen molar-refractivity contribution in [2.24, 2.45) is 0 Å². The fourth-order valence-corrected chi connectivity index (χ4v) is 2.60. The summed E-state index contributed by atoms with van der Waals surface area (Å²) in [5.41, 5.74) is 6.96. The molecule has 1 heterocycles. The lowest BCUT2D eigenvalue weighted by atomic mass is 10.2. The summed E-state index contributed by atoms with van der Waals surface area (Å²) in [7, 11) is 0. The average molecular weight is 310 g/mol. The molecular weight excluding hydrogens is 294 g/mol. The summed E-state index contributed by atoms with van der Waals surface area (Å²) >= 11 is 7.25. The number of rotatable bonds is 4. The lowest BCUT2D eigenvalue weighted by molar-refractivity contribution is 0.0685. The number of hydrogen-bond donors (Lipinski definition) is 1. The van der Waals surface area contributed by atoms with Crippen LogP contribution in [0.1, 0.15) is 29.9 Å². The highest BCUT2D eigenvalue weighted by Gasteiger charge is 2.21. The predicted molar refractivity (Wildman–Crippen MR) is 83.0 cm³/mol. The van der Waals surface area contributed by atoms with Gasteiger partial charge < -0.3 is 10.6 Å². The zero-order valence-electron chi connectivity index (χ0n) is 11.3. The summed E-state index contributed by atoms with van der Waals surface area (Å²) in [6, 6.07) is 7.56. The number of nitrogen functional groups attached to an aromatic ring is 1. The van der Waals surface area contributed by atoms with Crippen LogP contribution in [-0.2, 0) is 6.54 Å². The molecule has 0 spiro atoms. The second kappa shape index (κ2) is 6.24. The maximum absolute atomic E-state index is 12.5. The molecule has 1 amide bonds. The number of halogens is 1. The second-order valence-corrected chi connectivity index (χ2v) is 6.05. The molecule has 0 saturated heterocycles. The van der Waals surface area contributed by atoms with Crippen LogP contribution < -0.4 is 5.73 Å². The molecule has 0 atom stereocenters. The van der Waals surface area contributed by atoms with Crippen molar-refractivity contribution in [3.8, 4) is 0 Å². The Morgan fingerprint density at radius 3 is 2.80 bits per heavy atom. The summed E-state index contributed by atoms with van der Waals surface area (Å²) in [6.45, 7) is 4.44. The third-order valence-corrected chi connectivity index (χ3v) is 3.78. The largest absolute Gasteiger partial charge is 0.375 e. The van der Waals surface area contributed by atoms with Crippen LogP contribution in [-0.4, -0.2) is 21.8 Å². The molecule has 2 aromatic rings. The highest BCUT2D eigenvalue weighted by Crippen LogP contribution is 2.18. The van der Waals surface area contributed by atoms with E-state index < -0.39 is 0 Å². The fraction of sp³-hybridized carbons (Fsp3) is 0.286. The van der Waals surface area contributed by atoms with Gasteiger partial charge in [-0.15, -0.1) is 11.3 Å². The van der Waals surface area contributed by atoms with E-state index in [2.05, 4.69) is 4.98 Å². The maximum atomic E-state index is 12.5. The van der Waals surface area contributed by atoms with E-state index in [1.54, 1.807) is 10.3 Å². The molecule has 4 nitrogen and oxygen atoms in total. The van der Waals surface area contributed by atoms with Crippen LogP contribution in [0, 0.1) is 0 Å². The minimum atomic E-state index is -0.118. The number of hydrogen-bond acceptors (Lipinski definition) is 4. The first-order chi connectivity index (χ1) is 9.47. The van der Waals surface area contributed by atoms with Crippen LogP contribution in [0.2, 0.25) is 5.02 Å². The zero-order valence-corrected chi connectivity index (χ0v) is 12.9. The van der Waals surface area contributed by atoms with Crippen LogP contribution in [0.3, 0.4) is 0 Å². The molecular formula is C14H16ClN3OS. The SMILES string of the molecule is CC(C)N(Cc1cccc(Cl)c1)C(=O)c1csc(N)n1. The first-order valence-corrected chi connectivity index (χ1v) is 7.49. The van der Waals surface area contributed by atoms with E-state index in [-0.39, 0.29) is 11.9 Å². The minimum Gasteiger partial charge on any atom is -0.375 e. The smallest absolute Gasteiger partial charge is 0.273 e. The van der Waals surface area contributed by atoms with Crippen molar-refractivity contribution in [1.29, 1.82) is 0 Å². The second-order valence-electron chi connectivity index (χ2n) is 4.73. The topological polar surface area (TPSA) is 59.2 Å². The molecule has 0 saturated carbocycles. The monoisotopic (exact) mass is 309 g/mol. The summed E-state index contributed by atoms with van der Waals surface area (Å²) in [5, 5.41) is 2.75. The quantitative estimate of drug-likeness (QED) is 0.941. The number of amides is 1. The van der Waals surface area contributed by atoms with Crippen molar-refractivity contribution in [2.45, 2.75) is 26.4 Å². The van der Waals surface area contributed by atoms with Crippen molar-refractivity contribution in [2.75, 3.05) is 5.73 Å². The molecule has 0 fully saturated rings. The van der Waals surface area contributed by atoms with Crippen LogP contribution >= 0.6 is 22.9 Å². The molecule has 1 aromatic heterocycles. The summed E-state index contributed by atoms with van der Waals surface area (Å²) < 4.78 is 0. The molecule has 0 aliphatic rings. The Morgan fingerprint density at radius 1 is 1.50 bits per heavy atom. The number of nitrogens with zero attached hydrogens (tertiary/aromatic N) is 2. The summed E-state index contributed by atoms with van der Waals surface area (Å²) in [4.78, 5) is 18.3. The lowest BCUT2D eigenvalue weighted by Gasteiger charge is -2.26. The lowest BCUT2D eigenvalue weighted by Crippen LogP contribution is -2.36.